The molecule has 7 heteroatoms. The zero-order valence-corrected chi connectivity index (χ0v) is 10.4. The van der Waals surface area contributed by atoms with E-state index in [2.05, 4.69) is 10.5 Å². The van der Waals surface area contributed by atoms with Gasteiger partial charge >= 0.3 is 0 Å². The Balaban J connectivity index is 4.61. The lowest BCUT2D eigenvalue weighted by molar-refractivity contribution is 0.267. The molecule has 0 unspecified atom stereocenters. The van der Waals surface area contributed by atoms with Gasteiger partial charge in [0.05, 0.1) is 20.3 Å². The Morgan fingerprint density at radius 3 is 1.93 bits per heavy atom. The van der Waals surface area contributed by atoms with Gasteiger partial charge in [-0.05, 0) is 13.8 Å². The van der Waals surface area contributed by atoms with Crippen molar-refractivity contribution < 1.29 is 21.6 Å². The Hall–Kier alpha value is 0.130. The van der Waals surface area contributed by atoms with Gasteiger partial charge in [0.2, 0.25) is 0 Å². The Labute approximate surface area is 85.6 Å². The molecule has 86 valence electrons. The minimum absolute atomic E-state index is 0.307. The van der Waals surface area contributed by atoms with Gasteiger partial charge in [-0.25, -0.2) is 0 Å². The lowest BCUT2D eigenvalue weighted by atomic mass is 10.9. The molecule has 0 bridgehead atoms. The fraction of sp³-hybridized carbons (Fsp3) is 0.857. The standard InChI is InChI=1S/C7H17O5PS/c1-5-11-13(4,12-6-2)7-14(8,9)10-3/h4-7H2,1-3H3. The van der Waals surface area contributed by atoms with Crippen LogP contribution in [0.15, 0.2) is 0 Å². The summed E-state index contributed by atoms with van der Waals surface area (Å²) in [6.45, 7) is 4.27. The predicted octanol–water partition coefficient (Wildman–Crippen LogP) is 1.27. The fourth-order valence-corrected chi connectivity index (χ4v) is 4.84. The van der Waals surface area contributed by atoms with Crippen LogP contribution in [0.2, 0.25) is 0 Å². The van der Waals surface area contributed by atoms with E-state index < -0.39 is 17.5 Å². The lowest BCUT2D eigenvalue weighted by Gasteiger charge is -2.22. The topological polar surface area (TPSA) is 61.8 Å². The number of rotatable bonds is 7. The lowest BCUT2D eigenvalue weighted by Crippen LogP contribution is -2.12. The van der Waals surface area contributed by atoms with Crippen LogP contribution in [-0.2, 0) is 23.3 Å². The highest BCUT2D eigenvalue weighted by atomic mass is 32.2. The molecule has 0 aliphatic rings. The van der Waals surface area contributed by atoms with Crippen molar-refractivity contribution in [3.8, 4) is 0 Å². The van der Waals surface area contributed by atoms with Gasteiger partial charge in [-0.1, -0.05) is 6.30 Å². The molecule has 0 atom stereocenters. The zero-order chi connectivity index (χ0) is 11.2. The average Bonchev–Trinajstić information content (AvgIpc) is 2.03. The first kappa shape index (κ1) is 14.1. The van der Waals surface area contributed by atoms with Gasteiger partial charge < -0.3 is 9.05 Å². The van der Waals surface area contributed by atoms with Crippen LogP contribution >= 0.6 is 7.34 Å². The minimum Gasteiger partial charge on any atom is -0.337 e. The van der Waals surface area contributed by atoms with E-state index in [0.717, 1.165) is 7.11 Å². The van der Waals surface area contributed by atoms with Gasteiger partial charge in [0.1, 0.15) is 12.8 Å². The zero-order valence-electron chi connectivity index (χ0n) is 8.73. The van der Waals surface area contributed by atoms with Crippen LogP contribution < -0.4 is 0 Å². The first-order chi connectivity index (χ1) is 6.39. The molecule has 0 aromatic rings. The van der Waals surface area contributed by atoms with Crippen molar-refractivity contribution in [2.45, 2.75) is 13.8 Å². The molecule has 0 spiro atoms. The molecule has 5 nitrogen and oxygen atoms in total. The third-order valence-corrected chi connectivity index (χ3v) is 6.14. The molecule has 0 saturated heterocycles. The maximum Gasteiger partial charge on any atom is 0.275 e. The first-order valence-electron chi connectivity index (χ1n) is 4.19. The Bertz CT molecular complexity index is 287. The monoisotopic (exact) mass is 244 g/mol. The van der Waals surface area contributed by atoms with Crippen LogP contribution in [0.5, 0.6) is 0 Å². The van der Waals surface area contributed by atoms with Crippen molar-refractivity contribution >= 4 is 23.8 Å². The highest BCUT2D eigenvalue weighted by Crippen LogP contribution is 2.48. The van der Waals surface area contributed by atoms with Gasteiger partial charge in [-0.15, -0.1) is 0 Å². The van der Waals surface area contributed by atoms with E-state index in [9.17, 15) is 8.42 Å². The molecule has 0 radical (unpaired) electrons. The number of hydrogen-bond donors (Lipinski definition) is 0. The van der Waals surface area contributed by atoms with Crippen LogP contribution in [-0.4, -0.2) is 40.5 Å². The molecule has 0 fully saturated rings. The minimum atomic E-state index is -3.58. The molecule has 0 aromatic carbocycles. The van der Waals surface area contributed by atoms with Crippen molar-refractivity contribution in [3.05, 3.63) is 0 Å². The molecule has 14 heavy (non-hydrogen) atoms. The molecule has 0 N–H and O–H groups in total. The second-order valence-corrected chi connectivity index (χ2v) is 7.13. The SMILES string of the molecule is C=P(CS(=O)(=O)OC)(OCC)OCC. The van der Waals surface area contributed by atoms with E-state index in [1.54, 1.807) is 13.8 Å². The predicted molar refractivity (Wildman–Crippen MR) is 58.1 cm³/mol. The smallest absolute Gasteiger partial charge is 0.275 e. The van der Waals surface area contributed by atoms with Crippen molar-refractivity contribution in [1.82, 2.24) is 0 Å². The molecule has 0 aliphatic carbocycles. The quantitative estimate of drug-likeness (QED) is 0.498. The van der Waals surface area contributed by atoms with Crippen LogP contribution in [0.3, 0.4) is 0 Å². The second-order valence-electron chi connectivity index (χ2n) is 2.50. The largest absolute Gasteiger partial charge is 0.337 e. The van der Waals surface area contributed by atoms with Gasteiger partial charge in [0.15, 0.2) is 0 Å². The summed E-state index contributed by atoms with van der Waals surface area (Å²) in [5.74, 6) is 0. The van der Waals surface area contributed by atoms with E-state index in [4.69, 9.17) is 9.05 Å². The maximum absolute atomic E-state index is 11.2. The third kappa shape index (κ3) is 5.12. The summed E-state index contributed by atoms with van der Waals surface area (Å²) in [6.07, 6.45) is 3.69. The summed E-state index contributed by atoms with van der Waals surface area (Å²) in [7, 11) is -5.05. The van der Waals surface area contributed by atoms with E-state index in [0.29, 0.717) is 13.2 Å². The summed E-state index contributed by atoms with van der Waals surface area (Å²) >= 11 is 0. The molecule has 0 saturated carbocycles. The fourth-order valence-electron chi connectivity index (χ4n) is 0.876. The van der Waals surface area contributed by atoms with E-state index >= 15 is 0 Å². The van der Waals surface area contributed by atoms with Crippen molar-refractivity contribution in [1.29, 1.82) is 0 Å². The highest BCUT2D eigenvalue weighted by molar-refractivity contribution is 7.95. The molecule has 0 heterocycles. The summed E-state index contributed by atoms with van der Waals surface area (Å²) in [5.41, 5.74) is -0.307. The van der Waals surface area contributed by atoms with Gasteiger partial charge in [0.25, 0.3) is 10.1 Å². The molecular formula is C7H17O5PS. The van der Waals surface area contributed by atoms with Gasteiger partial charge in [0, 0.05) is 0 Å². The summed E-state index contributed by atoms with van der Waals surface area (Å²) < 4.78 is 37.1. The van der Waals surface area contributed by atoms with Crippen LogP contribution in [0, 0.1) is 0 Å². The van der Waals surface area contributed by atoms with E-state index in [1.807, 2.05) is 0 Å². The van der Waals surface area contributed by atoms with Crippen molar-refractivity contribution in [3.63, 3.8) is 0 Å². The molecule has 0 amide bonds. The Kier molecular flexibility index (Phi) is 5.93. The molecule has 0 aliphatic heterocycles. The van der Waals surface area contributed by atoms with Crippen LogP contribution in [0.25, 0.3) is 0 Å². The number of hydrogen-bond acceptors (Lipinski definition) is 5. The Morgan fingerprint density at radius 2 is 1.64 bits per heavy atom. The summed E-state index contributed by atoms with van der Waals surface area (Å²) in [4.78, 5) is 0. The van der Waals surface area contributed by atoms with E-state index in [1.165, 1.54) is 0 Å². The Morgan fingerprint density at radius 1 is 1.21 bits per heavy atom. The van der Waals surface area contributed by atoms with E-state index in [-0.39, 0.29) is 5.49 Å². The summed E-state index contributed by atoms with van der Waals surface area (Å²) in [5, 5.41) is 0. The second kappa shape index (κ2) is 5.88. The maximum atomic E-state index is 11.2. The van der Waals surface area contributed by atoms with Gasteiger partial charge in [-0.3, -0.25) is 4.18 Å². The highest BCUT2D eigenvalue weighted by Gasteiger charge is 2.24. The molecule has 0 rings (SSSR count). The van der Waals surface area contributed by atoms with Crippen molar-refractivity contribution in [2.24, 2.45) is 0 Å². The third-order valence-electron chi connectivity index (χ3n) is 1.34. The van der Waals surface area contributed by atoms with Crippen LogP contribution in [0.1, 0.15) is 13.8 Å². The average molecular weight is 244 g/mol. The normalized spacial score (nSPS) is 13.1. The van der Waals surface area contributed by atoms with Gasteiger partial charge in [-0.2, -0.15) is 8.42 Å². The van der Waals surface area contributed by atoms with Crippen LogP contribution in [0.4, 0.5) is 0 Å². The molecule has 0 aromatic heterocycles. The van der Waals surface area contributed by atoms with Crippen molar-refractivity contribution in [2.75, 3.05) is 25.8 Å². The molecular weight excluding hydrogens is 227 g/mol. The first-order valence-corrected chi connectivity index (χ1v) is 7.76. The summed E-state index contributed by atoms with van der Waals surface area (Å²) in [6, 6.07) is 0.